The molecule has 1 heterocycles. The van der Waals surface area contributed by atoms with E-state index in [1.807, 2.05) is 13.8 Å². The van der Waals surface area contributed by atoms with Gasteiger partial charge in [0.1, 0.15) is 0 Å². The first kappa shape index (κ1) is 17.9. The molecule has 0 spiro atoms. The van der Waals surface area contributed by atoms with Crippen LogP contribution in [0.3, 0.4) is 0 Å². The average Bonchev–Trinajstić information content (AvgIpc) is 2.90. The van der Waals surface area contributed by atoms with Crippen molar-refractivity contribution in [3.05, 3.63) is 0 Å². The zero-order valence-electron chi connectivity index (χ0n) is 13.1. The predicted octanol–water partition coefficient (Wildman–Crippen LogP) is 0.864. The summed E-state index contributed by atoms with van der Waals surface area (Å²) < 4.78 is 10.7. The summed E-state index contributed by atoms with van der Waals surface area (Å²) in [5.74, 6) is 0. The molecule has 0 aliphatic carbocycles. The van der Waals surface area contributed by atoms with E-state index in [1.54, 1.807) is 0 Å². The second-order valence-electron chi connectivity index (χ2n) is 5.75. The Morgan fingerprint density at radius 3 is 2.65 bits per heavy atom. The molecule has 1 unspecified atom stereocenters. The molecule has 1 fully saturated rings. The van der Waals surface area contributed by atoms with Crippen LogP contribution in [0, 0.1) is 0 Å². The van der Waals surface area contributed by atoms with Crippen LogP contribution in [0.4, 0.5) is 0 Å². The molecule has 2 N–H and O–H groups in total. The van der Waals surface area contributed by atoms with Gasteiger partial charge in [0.05, 0.1) is 32.0 Å². The number of hydrogen-bond acceptors (Lipinski definition) is 5. The number of likely N-dealkylation sites (tertiary alicyclic amines) is 1. The van der Waals surface area contributed by atoms with Crippen molar-refractivity contribution in [3.8, 4) is 0 Å². The van der Waals surface area contributed by atoms with E-state index in [-0.39, 0.29) is 6.10 Å². The largest absolute Gasteiger partial charge is 0.389 e. The van der Waals surface area contributed by atoms with Gasteiger partial charge in [-0.2, -0.15) is 0 Å². The summed E-state index contributed by atoms with van der Waals surface area (Å²) in [6.45, 7) is 10.8. The second kappa shape index (κ2) is 11.5. The minimum absolute atomic E-state index is 0.237. The number of ether oxygens (including phenoxy) is 2. The summed E-state index contributed by atoms with van der Waals surface area (Å²) in [6, 6.07) is 0. The molecule has 1 atom stereocenters. The van der Waals surface area contributed by atoms with Crippen molar-refractivity contribution in [1.82, 2.24) is 10.2 Å². The first-order valence-corrected chi connectivity index (χ1v) is 7.99. The third kappa shape index (κ3) is 9.66. The first-order valence-electron chi connectivity index (χ1n) is 7.99. The molecule has 1 rings (SSSR count). The summed E-state index contributed by atoms with van der Waals surface area (Å²) in [5.41, 5.74) is 0. The van der Waals surface area contributed by atoms with Crippen molar-refractivity contribution in [2.45, 2.75) is 45.3 Å². The summed E-state index contributed by atoms with van der Waals surface area (Å²) in [7, 11) is 0. The van der Waals surface area contributed by atoms with E-state index < -0.39 is 6.10 Å². The van der Waals surface area contributed by atoms with Crippen molar-refractivity contribution >= 4 is 0 Å². The third-order valence-corrected chi connectivity index (χ3v) is 3.40. The van der Waals surface area contributed by atoms with Crippen LogP contribution in [-0.4, -0.2) is 74.8 Å². The quantitative estimate of drug-likeness (QED) is 0.522. The lowest BCUT2D eigenvalue weighted by Gasteiger charge is -2.16. The molecule has 0 aromatic rings. The Balaban J connectivity index is 1.81. The van der Waals surface area contributed by atoms with Gasteiger partial charge in [-0.05, 0) is 59.3 Å². The van der Waals surface area contributed by atoms with Crippen LogP contribution in [0.25, 0.3) is 0 Å². The zero-order chi connectivity index (χ0) is 14.6. The highest BCUT2D eigenvalue weighted by Gasteiger charge is 2.10. The highest BCUT2D eigenvalue weighted by molar-refractivity contribution is 4.66. The summed E-state index contributed by atoms with van der Waals surface area (Å²) >= 11 is 0. The van der Waals surface area contributed by atoms with Crippen LogP contribution in [0.1, 0.15) is 33.1 Å². The number of hydrogen-bond donors (Lipinski definition) is 2. The van der Waals surface area contributed by atoms with Gasteiger partial charge in [0, 0.05) is 6.54 Å². The highest BCUT2D eigenvalue weighted by atomic mass is 16.5. The van der Waals surface area contributed by atoms with Crippen LogP contribution in [0.15, 0.2) is 0 Å². The van der Waals surface area contributed by atoms with Crippen molar-refractivity contribution in [2.75, 3.05) is 52.5 Å². The van der Waals surface area contributed by atoms with Crippen LogP contribution in [-0.2, 0) is 9.47 Å². The molecule has 0 bridgehead atoms. The van der Waals surface area contributed by atoms with Gasteiger partial charge in [-0.25, -0.2) is 0 Å². The van der Waals surface area contributed by atoms with E-state index in [9.17, 15) is 5.11 Å². The number of aliphatic hydroxyl groups is 1. The summed E-state index contributed by atoms with van der Waals surface area (Å²) in [6.07, 6.45) is 3.66. The molecule has 120 valence electrons. The Labute approximate surface area is 123 Å². The fourth-order valence-electron chi connectivity index (χ4n) is 2.32. The maximum atomic E-state index is 9.73. The lowest BCUT2D eigenvalue weighted by Crippen LogP contribution is -2.32. The molecule has 0 aromatic carbocycles. The molecule has 1 aliphatic rings. The third-order valence-electron chi connectivity index (χ3n) is 3.40. The van der Waals surface area contributed by atoms with Crippen molar-refractivity contribution in [2.24, 2.45) is 0 Å². The van der Waals surface area contributed by atoms with E-state index in [2.05, 4.69) is 10.2 Å². The topological polar surface area (TPSA) is 54.0 Å². The Morgan fingerprint density at radius 2 is 1.95 bits per heavy atom. The maximum Gasteiger partial charge on any atom is 0.0897 e. The number of rotatable bonds is 12. The molecule has 5 heteroatoms. The molecule has 5 nitrogen and oxygen atoms in total. The van der Waals surface area contributed by atoms with E-state index >= 15 is 0 Å². The first-order chi connectivity index (χ1) is 9.68. The minimum atomic E-state index is -0.430. The average molecular weight is 288 g/mol. The van der Waals surface area contributed by atoms with Gasteiger partial charge in [-0.1, -0.05) is 0 Å². The predicted molar refractivity (Wildman–Crippen MR) is 81.1 cm³/mol. The van der Waals surface area contributed by atoms with Crippen LogP contribution < -0.4 is 5.32 Å². The van der Waals surface area contributed by atoms with E-state index in [0.717, 1.165) is 13.0 Å². The van der Waals surface area contributed by atoms with Gasteiger partial charge in [-0.15, -0.1) is 0 Å². The number of nitrogens with zero attached hydrogens (tertiary/aromatic N) is 1. The molecule has 0 aromatic heterocycles. The fourth-order valence-corrected chi connectivity index (χ4v) is 2.32. The van der Waals surface area contributed by atoms with Gasteiger partial charge in [0.15, 0.2) is 0 Å². The lowest BCUT2D eigenvalue weighted by molar-refractivity contribution is -0.00993. The molecular formula is C15H32N2O3. The molecule has 1 aliphatic heterocycles. The Bertz CT molecular complexity index is 221. The van der Waals surface area contributed by atoms with Crippen molar-refractivity contribution in [3.63, 3.8) is 0 Å². The molecule has 0 amide bonds. The van der Waals surface area contributed by atoms with Gasteiger partial charge >= 0.3 is 0 Å². The van der Waals surface area contributed by atoms with Crippen LogP contribution in [0.5, 0.6) is 0 Å². The fraction of sp³-hybridized carbons (Fsp3) is 1.00. The zero-order valence-corrected chi connectivity index (χ0v) is 13.1. The van der Waals surface area contributed by atoms with Gasteiger partial charge in [0.2, 0.25) is 0 Å². The SMILES string of the molecule is CC(C)OCCOCC(O)CNCCCN1CCCC1. The monoisotopic (exact) mass is 288 g/mol. The highest BCUT2D eigenvalue weighted by Crippen LogP contribution is 2.06. The van der Waals surface area contributed by atoms with E-state index in [4.69, 9.17) is 9.47 Å². The summed E-state index contributed by atoms with van der Waals surface area (Å²) in [5, 5.41) is 13.0. The molecule has 0 radical (unpaired) electrons. The molecule has 20 heavy (non-hydrogen) atoms. The van der Waals surface area contributed by atoms with Crippen molar-refractivity contribution < 1.29 is 14.6 Å². The van der Waals surface area contributed by atoms with Gasteiger partial charge in [0.25, 0.3) is 0 Å². The second-order valence-corrected chi connectivity index (χ2v) is 5.75. The van der Waals surface area contributed by atoms with Crippen LogP contribution >= 0.6 is 0 Å². The van der Waals surface area contributed by atoms with Gasteiger partial charge in [-0.3, -0.25) is 0 Å². The number of nitrogens with one attached hydrogen (secondary N) is 1. The maximum absolute atomic E-state index is 9.73. The Morgan fingerprint density at radius 1 is 1.20 bits per heavy atom. The summed E-state index contributed by atoms with van der Waals surface area (Å²) in [4.78, 5) is 2.51. The van der Waals surface area contributed by atoms with E-state index in [0.29, 0.717) is 26.4 Å². The molecular weight excluding hydrogens is 256 g/mol. The Kier molecular flexibility index (Phi) is 10.2. The normalized spacial score (nSPS) is 18.0. The van der Waals surface area contributed by atoms with Crippen LogP contribution in [0.2, 0.25) is 0 Å². The molecule has 0 saturated carbocycles. The standard InChI is InChI=1S/C15H32N2O3/c1-14(2)20-11-10-19-13-15(18)12-16-6-5-9-17-7-3-4-8-17/h14-16,18H,3-13H2,1-2H3. The molecule has 1 saturated heterocycles. The number of aliphatic hydroxyl groups excluding tert-OH is 1. The van der Waals surface area contributed by atoms with Gasteiger partial charge < -0.3 is 24.8 Å². The minimum Gasteiger partial charge on any atom is -0.389 e. The van der Waals surface area contributed by atoms with E-state index in [1.165, 1.54) is 32.5 Å². The smallest absolute Gasteiger partial charge is 0.0897 e. The Hall–Kier alpha value is -0.200. The lowest BCUT2D eigenvalue weighted by atomic mass is 10.3. The van der Waals surface area contributed by atoms with Crippen molar-refractivity contribution in [1.29, 1.82) is 0 Å².